The average molecular weight is 320 g/mol. The van der Waals surface area contributed by atoms with Gasteiger partial charge in [0.1, 0.15) is 5.65 Å². The fourth-order valence-corrected chi connectivity index (χ4v) is 2.88. The first-order valence-corrected chi connectivity index (χ1v) is 9.14. The summed E-state index contributed by atoms with van der Waals surface area (Å²) in [7, 11) is -8.37. The highest BCUT2D eigenvalue weighted by atomic mass is 31.2. The van der Waals surface area contributed by atoms with E-state index in [0.29, 0.717) is 18.5 Å². The van der Waals surface area contributed by atoms with Crippen molar-refractivity contribution in [1.82, 2.24) is 9.38 Å². The minimum atomic E-state index is -4.38. The Hall–Kier alpha value is -1.01. The minimum Gasteiger partial charge on any atom is -0.324 e. The standard InChI is InChI=1S/C10H14N2O6P2/c13-19(14,15)5-1-2-8-3-4-9-11-10(20(16,17)18)7-12(9)6-8/h3-4,6-7H,1-2,5H2,(H2,13,14,15)(H2,16,17,18). The molecule has 0 saturated heterocycles. The molecule has 10 heteroatoms. The van der Waals surface area contributed by atoms with Gasteiger partial charge in [-0.1, -0.05) is 6.07 Å². The molecule has 0 fully saturated rings. The number of hydrogen-bond donors (Lipinski definition) is 4. The molecule has 0 saturated carbocycles. The van der Waals surface area contributed by atoms with Crippen LogP contribution in [0, 0.1) is 0 Å². The zero-order valence-electron chi connectivity index (χ0n) is 10.3. The lowest BCUT2D eigenvalue weighted by Gasteiger charge is -2.04. The van der Waals surface area contributed by atoms with Crippen LogP contribution < -0.4 is 5.44 Å². The first-order valence-electron chi connectivity index (χ1n) is 5.73. The fraction of sp³-hybridized carbons (Fsp3) is 0.300. The maximum Gasteiger partial charge on any atom is 0.376 e. The van der Waals surface area contributed by atoms with Crippen molar-refractivity contribution >= 4 is 26.3 Å². The van der Waals surface area contributed by atoms with Gasteiger partial charge in [-0.25, -0.2) is 4.98 Å². The van der Waals surface area contributed by atoms with Gasteiger partial charge in [0.05, 0.1) is 6.16 Å². The summed E-state index contributed by atoms with van der Waals surface area (Å²) in [5, 5.41) is 0. The molecule has 0 aliphatic rings. The summed E-state index contributed by atoms with van der Waals surface area (Å²) in [6, 6.07) is 3.32. The van der Waals surface area contributed by atoms with Crippen molar-refractivity contribution in [3.8, 4) is 0 Å². The number of imidazole rings is 1. The first kappa shape index (κ1) is 15.4. The van der Waals surface area contributed by atoms with Crippen LogP contribution in [0.4, 0.5) is 0 Å². The van der Waals surface area contributed by atoms with E-state index in [1.165, 1.54) is 10.6 Å². The lowest BCUT2D eigenvalue weighted by molar-refractivity contribution is 0.371. The van der Waals surface area contributed by atoms with Crippen LogP contribution in [-0.2, 0) is 15.6 Å². The van der Waals surface area contributed by atoms with Crippen molar-refractivity contribution in [2.24, 2.45) is 0 Å². The van der Waals surface area contributed by atoms with Gasteiger partial charge in [0.15, 0.2) is 5.44 Å². The third-order valence-corrected chi connectivity index (χ3v) is 4.42. The van der Waals surface area contributed by atoms with Crippen LogP contribution in [0.2, 0.25) is 0 Å². The summed E-state index contributed by atoms with van der Waals surface area (Å²) in [5.74, 6) is 0. The minimum absolute atomic E-state index is 0.192. The number of aryl methyl sites for hydroxylation is 1. The highest BCUT2D eigenvalue weighted by Gasteiger charge is 2.21. The Labute approximate surface area is 114 Å². The van der Waals surface area contributed by atoms with Gasteiger partial charge in [-0.2, -0.15) is 0 Å². The Morgan fingerprint density at radius 1 is 1.10 bits per heavy atom. The van der Waals surface area contributed by atoms with E-state index in [4.69, 9.17) is 19.6 Å². The molecule has 110 valence electrons. The van der Waals surface area contributed by atoms with E-state index in [1.807, 2.05) is 0 Å². The molecule has 0 amide bonds. The second-order valence-electron chi connectivity index (χ2n) is 4.44. The molecule has 2 heterocycles. The topological polar surface area (TPSA) is 132 Å². The Kier molecular flexibility index (Phi) is 4.16. The van der Waals surface area contributed by atoms with Crippen LogP contribution >= 0.6 is 15.2 Å². The second kappa shape index (κ2) is 5.41. The summed E-state index contributed by atoms with van der Waals surface area (Å²) in [4.78, 5) is 39.4. The number of fused-ring (bicyclic) bond motifs is 1. The largest absolute Gasteiger partial charge is 0.376 e. The molecule has 8 nitrogen and oxygen atoms in total. The third-order valence-electron chi connectivity index (χ3n) is 2.71. The molecule has 0 aliphatic carbocycles. The summed E-state index contributed by atoms with van der Waals surface area (Å²) in [5.41, 5.74) is 0.910. The number of aromatic nitrogens is 2. The second-order valence-corrected chi connectivity index (χ2v) is 7.76. The molecule has 20 heavy (non-hydrogen) atoms. The SMILES string of the molecule is O=P(O)(O)CCCc1ccc2nc(P(=O)(O)O)cn2c1. The van der Waals surface area contributed by atoms with Gasteiger partial charge in [-0.15, -0.1) is 0 Å². The Balaban J connectivity index is 2.17. The van der Waals surface area contributed by atoms with E-state index in [0.717, 1.165) is 5.56 Å². The van der Waals surface area contributed by atoms with E-state index in [9.17, 15) is 9.13 Å². The molecular formula is C10H14N2O6P2. The maximum atomic E-state index is 11.1. The molecule has 0 radical (unpaired) electrons. The van der Waals surface area contributed by atoms with Crippen LogP contribution in [-0.4, -0.2) is 35.1 Å². The Morgan fingerprint density at radius 3 is 2.40 bits per heavy atom. The Morgan fingerprint density at radius 2 is 1.80 bits per heavy atom. The molecule has 2 aromatic rings. The van der Waals surface area contributed by atoms with Crippen LogP contribution in [0.5, 0.6) is 0 Å². The van der Waals surface area contributed by atoms with Crippen molar-refractivity contribution in [2.75, 3.05) is 6.16 Å². The number of rotatable bonds is 5. The van der Waals surface area contributed by atoms with Crippen molar-refractivity contribution in [3.63, 3.8) is 0 Å². The van der Waals surface area contributed by atoms with Gasteiger partial charge in [0.2, 0.25) is 0 Å². The van der Waals surface area contributed by atoms with Gasteiger partial charge in [-0.3, -0.25) is 9.13 Å². The van der Waals surface area contributed by atoms with Gasteiger partial charge in [0.25, 0.3) is 0 Å². The van der Waals surface area contributed by atoms with Crippen molar-refractivity contribution in [2.45, 2.75) is 12.8 Å². The predicted molar refractivity (Wildman–Crippen MR) is 72.1 cm³/mol. The molecule has 0 spiro atoms. The normalized spacial score (nSPS) is 13.0. The highest BCUT2D eigenvalue weighted by molar-refractivity contribution is 7.60. The van der Waals surface area contributed by atoms with Crippen LogP contribution in [0.25, 0.3) is 5.65 Å². The molecule has 4 N–H and O–H groups in total. The maximum absolute atomic E-state index is 11.1. The quantitative estimate of drug-likeness (QED) is 0.580. The monoisotopic (exact) mass is 320 g/mol. The summed E-state index contributed by atoms with van der Waals surface area (Å²) in [6.45, 7) is 0. The van der Waals surface area contributed by atoms with Crippen molar-refractivity contribution in [1.29, 1.82) is 0 Å². The van der Waals surface area contributed by atoms with Crippen LogP contribution in [0.3, 0.4) is 0 Å². The number of nitrogens with zero attached hydrogens (tertiary/aromatic N) is 2. The molecule has 2 rings (SSSR count). The summed E-state index contributed by atoms with van der Waals surface area (Å²) >= 11 is 0. The summed E-state index contributed by atoms with van der Waals surface area (Å²) in [6.07, 6.45) is 3.49. The summed E-state index contributed by atoms with van der Waals surface area (Å²) < 4.78 is 23.3. The predicted octanol–water partition coefficient (Wildman–Crippen LogP) is 0.248. The van der Waals surface area contributed by atoms with Crippen molar-refractivity contribution in [3.05, 3.63) is 30.1 Å². The van der Waals surface area contributed by atoms with E-state index in [-0.39, 0.29) is 11.6 Å². The molecule has 0 bridgehead atoms. The van der Waals surface area contributed by atoms with E-state index >= 15 is 0 Å². The fourth-order valence-electron chi connectivity index (χ4n) is 1.80. The molecule has 0 aromatic carbocycles. The Bertz CT molecular complexity index is 716. The van der Waals surface area contributed by atoms with Crippen LogP contribution in [0.15, 0.2) is 24.5 Å². The van der Waals surface area contributed by atoms with E-state index < -0.39 is 15.2 Å². The van der Waals surface area contributed by atoms with E-state index in [1.54, 1.807) is 18.3 Å². The molecule has 0 unspecified atom stereocenters. The number of hydrogen-bond acceptors (Lipinski definition) is 3. The lowest BCUT2D eigenvalue weighted by atomic mass is 10.2. The van der Waals surface area contributed by atoms with Gasteiger partial charge in [-0.05, 0) is 24.5 Å². The molecular weight excluding hydrogens is 306 g/mol. The molecule has 0 aliphatic heterocycles. The average Bonchev–Trinajstić information content (AvgIpc) is 2.69. The van der Waals surface area contributed by atoms with Crippen LogP contribution in [0.1, 0.15) is 12.0 Å². The molecule has 2 aromatic heterocycles. The van der Waals surface area contributed by atoms with Crippen molar-refractivity contribution < 1.29 is 28.7 Å². The molecule has 0 atom stereocenters. The zero-order valence-corrected chi connectivity index (χ0v) is 12.1. The third kappa shape index (κ3) is 3.99. The smallest absolute Gasteiger partial charge is 0.324 e. The van der Waals surface area contributed by atoms with E-state index in [2.05, 4.69) is 4.98 Å². The van der Waals surface area contributed by atoms with Gasteiger partial charge < -0.3 is 24.0 Å². The van der Waals surface area contributed by atoms with Gasteiger partial charge in [0, 0.05) is 12.4 Å². The first-order chi connectivity index (χ1) is 9.15. The lowest BCUT2D eigenvalue weighted by Crippen LogP contribution is -2.03. The highest BCUT2D eigenvalue weighted by Crippen LogP contribution is 2.35. The van der Waals surface area contributed by atoms with Gasteiger partial charge >= 0.3 is 15.2 Å². The zero-order chi connectivity index (χ0) is 15.0. The number of pyridine rings is 1.